The summed E-state index contributed by atoms with van der Waals surface area (Å²) in [6.45, 7) is 4.19. The summed E-state index contributed by atoms with van der Waals surface area (Å²) in [5.74, 6) is 0.563. The van der Waals surface area contributed by atoms with Crippen LogP contribution in [0.25, 0.3) is 0 Å². The van der Waals surface area contributed by atoms with E-state index < -0.39 is 0 Å². The summed E-state index contributed by atoms with van der Waals surface area (Å²) in [4.78, 5) is 0. The predicted octanol–water partition coefficient (Wildman–Crippen LogP) is 3.34. The molecule has 0 spiro atoms. The van der Waals surface area contributed by atoms with Gasteiger partial charge in [0.25, 0.3) is 0 Å². The topological polar surface area (TPSA) is 24.7 Å². The summed E-state index contributed by atoms with van der Waals surface area (Å²) >= 11 is 0. The van der Waals surface area contributed by atoms with E-state index in [-0.39, 0.29) is 0 Å². The molecule has 1 atom stereocenters. The second-order valence-electron chi connectivity index (χ2n) is 4.28. The van der Waals surface area contributed by atoms with Crippen molar-refractivity contribution in [3.05, 3.63) is 11.6 Å². The fourth-order valence-electron chi connectivity index (χ4n) is 2.34. The molecule has 0 saturated carbocycles. The maximum Gasteiger partial charge on any atom is 0.0635 e. The molecule has 14 heavy (non-hydrogen) atoms. The molecule has 0 aromatic carbocycles. The zero-order valence-corrected chi connectivity index (χ0v) is 9.08. The highest BCUT2D eigenvalue weighted by molar-refractivity contribution is 6.07. The first-order valence-electron chi connectivity index (χ1n) is 5.58. The van der Waals surface area contributed by atoms with Crippen LogP contribution in [0.5, 0.6) is 0 Å². The maximum atomic E-state index is 4.23. The Balaban J connectivity index is 2.30. The van der Waals surface area contributed by atoms with Gasteiger partial charge in [-0.05, 0) is 38.7 Å². The van der Waals surface area contributed by atoms with E-state index in [1.54, 1.807) is 0 Å². The Morgan fingerprint density at radius 2 is 2.00 bits per heavy atom. The molecule has 0 saturated heterocycles. The van der Waals surface area contributed by atoms with Gasteiger partial charge in [-0.3, -0.25) is 0 Å². The molecule has 76 valence electrons. The molecule has 1 aliphatic carbocycles. The first-order chi connectivity index (χ1) is 6.79. The third kappa shape index (κ3) is 1.79. The van der Waals surface area contributed by atoms with E-state index in [4.69, 9.17) is 0 Å². The molecule has 0 aromatic rings. The summed E-state index contributed by atoms with van der Waals surface area (Å²) in [5, 5.41) is 8.44. The number of rotatable bonds is 0. The second kappa shape index (κ2) is 4.07. The molecule has 0 radical (unpaired) electrons. The zero-order valence-electron chi connectivity index (χ0n) is 9.08. The van der Waals surface area contributed by atoms with Gasteiger partial charge in [-0.15, -0.1) is 0 Å². The minimum Gasteiger partial charge on any atom is -0.160 e. The lowest BCUT2D eigenvalue weighted by atomic mass is 9.83. The van der Waals surface area contributed by atoms with Crippen molar-refractivity contribution in [2.45, 2.75) is 46.0 Å². The van der Waals surface area contributed by atoms with Crippen molar-refractivity contribution < 1.29 is 0 Å². The highest BCUT2D eigenvalue weighted by Gasteiger charge is 2.23. The number of nitrogens with zero attached hydrogens (tertiary/aromatic N) is 2. The van der Waals surface area contributed by atoms with Gasteiger partial charge in [-0.2, -0.15) is 10.2 Å². The van der Waals surface area contributed by atoms with Gasteiger partial charge in [0.2, 0.25) is 0 Å². The van der Waals surface area contributed by atoms with Crippen molar-refractivity contribution in [2.24, 2.45) is 16.1 Å². The van der Waals surface area contributed by atoms with Gasteiger partial charge in [0, 0.05) is 11.6 Å². The van der Waals surface area contributed by atoms with Crippen LogP contribution < -0.4 is 0 Å². The molecule has 0 aromatic heterocycles. The van der Waals surface area contributed by atoms with E-state index in [9.17, 15) is 0 Å². The van der Waals surface area contributed by atoms with E-state index in [2.05, 4.69) is 30.1 Å². The van der Waals surface area contributed by atoms with Gasteiger partial charge < -0.3 is 0 Å². The maximum absolute atomic E-state index is 4.23. The fraction of sp³-hybridized carbons (Fsp3) is 0.667. The van der Waals surface area contributed by atoms with Crippen molar-refractivity contribution in [1.82, 2.24) is 0 Å². The number of allylic oxidation sites excluding steroid dienone is 2. The summed E-state index contributed by atoms with van der Waals surface area (Å²) in [6.07, 6.45) is 8.88. The van der Waals surface area contributed by atoms with E-state index in [0.29, 0.717) is 5.92 Å². The average molecular weight is 190 g/mol. The van der Waals surface area contributed by atoms with Crippen molar-refractivity contribution >= 4 is 11.4 Å². The van der Waals surface area contributed by atoms with E-state index >= 15 is 0 Å². The molecule has 2 aliphatic rings. The first-order valence-corrected chi connectivity index (χ1v) is 5.58. The van der Waals surface area contributed by atoms with Crippen LogP contribution >= 0.6 is 0 Å². The Morgan fingerprint density at radius 3 is 2.86 bits per heavy atom. The third-order valence-corrected chi connectivity index (χ3v) is 3.22. The molecule has 0 amide bonds. The lowest BCUT2D eigenvalue weighted by molar-refractivity contribution is 0.584. The highest BCUT2D eigenvalue weighted by Crippen LogP contribution is 2.28. The Labute approximate surface area is 85.8 Å². The van der Waals surface area contributed by atoms with Crippen LogP contribution in [0.15, 0.2) is 21.9 Å². The molecule has 0 bridgehead atoms. The molecule has 2 nitrogen and oxygen atoms in total. The van der Waals surface area contributed by atoms with Crippen molar-refractivity contribution in [1.29, 1.82) is 0 Å². The molecule has 0 fully saturated rings. The van der Waals surface area contributed by atoms with Crippen molar-refractivity contribution in [3.8, 4) is 0 Å². The lowest BCUT2D eigenvalue weighted by Gasteiger charge is -2.24. The summed E-state index contributed by atoms with van der Waals surface area (Å²) in [5.41, 5.74) is 3.77. The Morgan fingerprint density at radius 1 is 1.14 bits per heavy atom. The fourth-order valence-corrected chi connectivity index (χ4v) is 2.34. The molecule has 1 aliphatic heterocycles. The van der Waals surface area contributed by atoms with Crippen molar-refractivity contribution in [3.63, 3.8) is 0 Å². The molecular weight excluding hydrogens is 172 g/mol. The normalized spacial score (nSPS) is 31.6. The standard InChI is InChI=1S/C12H18N2/c1-9-11-7-5-3-4-6-8-12(11)10(2)14-13-9/h7,12H,3-6,8H2,1-2H3/b11-7-. The van der Waals surface area contributed by atoms with Gasteiger partial charge in [0.15, 0.2) is 0 Å². The van der Waals surface area contributed by atoms with Crippen LogP contribution in [0.2, 0.25) is 0 Å². The molecule has 2 heteroatoms. The monoisotopic (exact) mass is 190 g/mol. The predicted molar refractivity (Wildman–Crippen MR) is 60.9 cm³/mol. The molecule has 2 rings (SSSR count). The van der Waals surface area contributed by atoms with E-state index in [0.717, 1.165) is 5.71 Å². The Hall–Kier alpha value is -0.920. The van der Waals surface area contributed by atoms with Gasteiger partial charge in [0.1, 0.15) is 0 Å². The average Bonchev–Trinajstić information content (AvgIpc) is 2.11. The molecule has 1 heterocycles. The van der Waals surface area contributed by atoms with Crippen LogP contribution in [-0.4, -0.2) is 11.4 Å². The zero-order chi connectivity index (χ0) is 9.97. The second-order valence-corrected chi connectivity index (χ2v) is 4.28. The third-order valence-electron chi connectivity index (χ3n) is 3.22. The van der Waals surface area contributed by atoms with Crippen LogP contribution in [-0.2, 0) is 0 Å². The van der Waals surface area contributed by atoms with Crippen LogP contribution in [0.1, 0.15) is 46.0 Å². The van der Waals surface area contributed by atoms with Crippen LogP contribution in [0, 0.1) is 5.92 Å². The summed E-state index contributed by atoms with van der Waals surface area (Å²) in [6, 6.07) is 0. The Bertz CT molecular complexity index is 310. The largest absolute Gasteiger partial charge is 0.160 e. The number of hydrogen-bond donors (Lipinski definition) is 0. The quantitative estimate of drug-likeness (QED) is 0.559. The van der Waals surface area contributed by atoms with E-state index in [1.807, 2.05) is 0 Å². The van der Waals surface area contributed by atoms with Crippen molar-refractivity contribution in [2.75, 3.05) is 0 Å². The SMILES string of the molecule is CC1=NN=C(C)C2CCCCC/C=C/12. The summed E-state index contributed by atoms with van der Waals surface area (Å²) < 4.78 is 0. The minimum absolute atomic E-state index is 0.563. The summed E-state index contributed by atoms with van der Waals surface area (Å²) in [7, 11) is 0. The first kappa shape index (κ1) is 9.63. The number of fused-ring (bicyclic) bond motifs is 1. The lowest BCUT2D eigenvalue weighted by Crippen LogP contribution is -2.22. The van der Waals surface area contributed by atoms with Gasteiger partial charge in [0.05, 0.1) is 5.71 Å². The number of hydrogen-bond acceptors (Lipinski definition) is 2. The smallest absolute Gasteiger partial charge is 0.0635 e. The van der Waals surface area contributed by atoms with Gasteiger partial charge >= 0.3 is 0 Å². The van der Waals surface area contributed by atoms with Crippen LogP contribution in [0.4, 0.5) is 0 Å². The highest BCUT2D eigenvalue weighted by atomic mass is 15.2. The Kier molecular flexibility index (Phi) is 2.80. The minimum atomic E-state index is 0.563. The molecule has 1 unspecified atom stereocenters. The van der Waals surface area contributed by atoms with Gasteiger partial charge in [-0.25, -0.2) is 0 Å². The van der Waals surface area contributed by atoms with E-state index in [1.165, 1.54) is 43.4 Å². The molecular formula is C12H18N2. The van der Waals surface area contributed by atoms with Crippen LogP contribution in [0.3, 0.4) is 0 Å². The van der Waals surface area contributed by atoms with Gasteiger partial charge in [-0.1, -0.05) is 18.9 Å². The molecule has 0 N–H and O–H groups in total.